The summed E-state index contributed by atoms with van der Waals surface area (Å²) >= 11 is 11.8. The van der Waals surface area contributed by atoms with Gasteiger partial charge in [0.1, 0.15) is 5.75 Å². The van der Waals surface area contributed by atoms with Gasteiger partial charge in [0.15, 0.2) is 6.10 Å². The summed E-state index contributed by atoms with van der Waals surface area (Å²) in [6, 6.07) is 4.83. The Morgan fingerprint density at radius 1 is 1.53 bits per heavy atom. The molecule has 0 heterocycles. The van der Waals surface area contributed by atoms with Crippen molar-refractivity contribution in [3.05, 3.63) is 28.2 Å². The van der Waals surface area contributed by atoms with Gasteiger partial charge >= 0.3 is 0 Å². The number of rotatable bonds is 5. The number of carbonyl (C=O) groups excluding carboxylic acids is 1. The third-order valence-corrected chi connectivity index (χ3v) is 2.70. The Morgan fingerprint density at radius 3 is 2.82 bits per heavy atom. The van der Waals surface area contributed by atoms with Gasteiger partial charge in [0.25, 0.3) is 5.91 Å². The predicted octanol–water partition coefficient (Wildman–Crippen LogP) is 2.53. The summed E-state index contributed by atoms with van der Waals surface area (Å²) in [7, 11) is 0. The number of ether oxygens (including phenoxy) is 1. The lowest BCUT2D eigenvalue weighted by molar-refractivity contribution is -0.128. The molecule has 0 bridgehead atoms. The Kier molecular flexibility index (Phi) is 5.55. The minimum Gasteiger partial charge on any atom is -0.479 e. The third kappa shape index (κ3) is 4.07. The van der Waals surface area contributed by atoms with Crippen LogP contribution in [0.2, 0.25) is 10.0 Å². The van der Waals surface area contributed by atoms with Gasteiger partial charge in [-0.05, 0) is 18.6 Å². The van der Waals surface area contributed by atoms with Gasteiger partial charge in [0, 0.05) is 11.1 Å². The fraction of sp³-hybridized carbons (Fsp3) is 0.364. The lowest BCUT2D eigenvalue weighted by Gasteiger charge is -2.17. The standard InChI is InChI=1S/C11H14Cl2N2O2/c1-2-3-9(11(16)15-14)17-10-6-7(12)4-5-8(10)13/h4-6,9H,2-3,14H2,1H3,(H,15,16). The van der Waals surface area contributed by atoms with Gasteiger partial charge in [-0.2, -0.15) is 0 Å². The van der Waals surface area contributed by atoms with Crippen LogP contribution in [0, 0.1) is 0 Å². The molecule has 1 atom stereocenters. The number of halogens is 2. The van der Waals surface area contributed by atoms with E-state index in [2.05, 4.69) is 5.43 Å². The Hall–Kier alpha value is -0.970. The maximum atomic E-state index is 11.5. The molecule has 94 valence electrons. The van der Waals surface area contributed by atoms with Crippen LogP contribution >= 0.6 is 23.2 Å². The number of hydrogen-bond acceptors (Lipinski definition) is 3. The van der Waals surface area contributed by atoms with Crippen molar-refractivity contribution in [2.24, 2.45) is 5.84 Å². The molecule has 0 aliphatic carbocycles. The van der Waals surface area contributed by atoms with E-state index < -0.39 is 6.10 Å². The number of nitrogens with one attached hydrogen (secondary N) is 1. The van der Waals surface area contributed by atoms with E-state index in [1.165, 1.54) is 0 Å². The number of benzene rings is 1. The number of hydrogen-bond donors (Lipinski definition) is 2. The summed E-state index contributed by atoms with van der Waals surface area (Å²) in [4.78, 5) is 11.5. The summed E-state index contributed by atoms with van der Waals surface area (Å²) in [5.41, 5.74) is 2.06. The van der Waals surface area contributed by atoms with E-state index in [4.69, 9.17) is 33.8 Å². The molecule has 1 aromatic carbocycles. The molecule has 0 aliphatic rings. The quantitative estimate of drug-likeness (QED) is 0.494. The molecule has 0 saturated heterocycles. The van der Waals surface area contributed by atoms with Crippen LogP contribution in [0.3, 0.4) is 0 Å². The molecule has 0 radical (unpaired) electrons. The van der Waals surface area contributed by atoms with Crippen molar-refractivity contribution in [2.75, 3.05) is 0 Å². The van der Waals surface area contributed by atoms with Crippen LogP contribution in [0.15, 0.2) is 18.2 Å². The van der Waals surface area contributed by atoms with Gasteiger partial charge in [-0.15, -0.1) is 0 Å². The fourth-order valence-corrected chi connectivity index (χ4v) is 1.64. The largest absolute Gasteiger partial charge is 0.479 e. The van der Waals surface area contributed by atoms with Gasteiger partial charge in [-0.1, -0.05) is 36.5 Å². The molecule has 0 spiro atoms. The van der Waals surface area contributed by atoms with Crippen LogP contribution in [0.5, 0.6) is 5.75 Å². The van der Waals surface area contributed by atoms with Crippen LogP contribution < -0.4 is 16.0 Å². The molecule has 1 unspecified atom stereocenters. The molecule has 6 heteroatoms. The minimum atomic E-state index is -0.666. The van der Waals surface area contributed by atoms with Crippen LogP contribution in [0.4, 0.5) is 0 Å². The number of hydrazine groups is 1. The summed E-state index contributed by atoms with van der Waals surface area (Å²) in [6.45, 7) is 1.94. The minimum absolute atomic E-state index is 0.376. The van der Waals surface area contributed by atoms with Crippen molar-refractivity contribution in [2.45, 2.75) is 25.9 Å². The molecule has 0 aliphatic heterocycles. The highest BCUT2D eigenvalue weighted by atomic mass is 35.5. The second kappa shape index (κ2) is 6.69. The molecule has 0 aromatic heterocycles. The lowest BCUT2D eigenvalue weighted by Crippen LogP contribution is -2.42. The van der Waals surface area contributed by atoms with Crippen molar-refractivity contribution >= 4 is 29.1 Å². The molecule has 17 heavy (non-hydrogen) atoms. The number of carbonyl (C=O) groups is 1. The molecule has 1 aromatic rings. The SMILES string of the molecule is CCCC(Oc1cc(Cl)ccc1Cl)C(=O)NN. The smallest absolute Gasteiger partial charge is 0.274 e. The van der Waals surface area contributed by atoms with E-state index in [0.29, 0.717) is 22.2 Å². The van der Waals surface area contributed by atoms with Crippen molar-refractivity contribution in [1.29, 1.82) is 0 Å². The molecule has 0 fully saturated rings. The van der Waals surface area contributed by atoms with Crippen molar-refractivity contribution in [3.63, 3.8) is 0 Å². The van der Waals surface area contributed by atoms with Crippen LogP contribution in [0.1, 0.15) is 19.8 Å². The first kappa shape index (κ1) is 14.1. The summed E-state index contributed by atoms with van der Waals surface area (Å²) in [5, 5.41) is 0.896. The average molecular weight is 277 g/mol. The predicted molar refractivity (Wildman–Crippen MR) is 68.1 cm³/mol. The number of amides is 1. The normalized spacial score (nSPS) is 12.0. The summed E-state index contributed by atoms with van der Waals surface area (Å²) < 4.78 is 5.51. The summed E-state index contributed by atoms with van der Waals surface area (Å²) in [6.07, 6.45) is 0.670. The zero-order chi connectivity index (χ0) is 12.8. The Morgan fingerprint density at radius 2 is 2.24 bits per heavy atom. The zero-order valence-electron chi connectivity index (χ0n) is 9.37. The summed E-state index contributed by atoms with van der Waals surface area (Å²) in [5.74, 6) is 5.08. The number of nitrogens with two attached hydrogens (primary N) is 1. The van der Waals surface area contributed by atoms with E-state index in [1.54, 1.807) is 18.2 Å². The van der Waals surface area contributed by atoms with Gasteiger partial charge in [-0.25, -0.2) is 5.84 Å². The van der Waals surface area contributed by atoms with Gasteiger partial charge in [0.05, 0.1) is 5.02 Å². The Balaban J connectivity index is 2.85. The molecule has 1 rings (SSSR count). The maximum absolute atomic E-state index is 11.5. The monoisotopic (exact) mass is 276 g/mol. The topological polar surface area (TPSA) is 64.3 Å². The molecule has 4 nitrogen and oxygen atoms in total. The molecular formula is C11H14Cl2N2O2. The van der Waals surface area contributed by atoms with Crippen molar-refractivity contribution in [1.82, 2.24) is 5.43 Å². The second-order valence-electron chi connectivity index (χ2n) is 3.48. The van der Waals surface area contributed by atoms with Crippen molar-refractivity contribution in [3.8, 4) is 5.75 Å². The van der Waals surface area contributed by atoms with Crippen LogP contribution in [-0.4, -0.2) is 12.0 Å². The lowest BCUT2D eigenvalue weighted by atomic mass is 10.2. The highest BCUT2D eigenvalue weighted by molar-refractivity contribution is 6.34. The van der Waals surface area contributed by atoms with Gasteiger partial charge in [-0.3, -0.25) is 10.2 Å². The van der Waals surface area contributed by atoms with Gasteiger partial charge < -0.3 is 4.74 Å². The maximum Gasteiger partial charge on any atom is 0.274 e. The highest BCUT2D eigenvalue weighted by Gasteiger charge is 2.19. The third-order valence-electron chi connectivity index (χ3n) is 2.15. The zero-order valence-corrected chi connectivity index (χ0v) is 10.9. The van der Waals surface area contributed by atoms with E-state index in [-0.39, 0.29) is 5.91 Å². The Labute approximate surface area is 110 Å². The highest BCUT2D eigenvalue weighted by Crippen LogP contribution is 2.29. The van der Waals surface area contributed by atoms with Crippen LogP contribution in [-0.2, 0) is 4.79 Å². The van der Waals surface area contributed by atoms with E-state index in [0.717, 1.165) is 6.42 Å². The van der Waals surface area contributed by atoms with E-state index in [9.17, 15) is 4.79 Å². The van der Waals surface area contributed by atoms with E-state index in [1.807, 2.05) is 6.92 Å². The fourth-order valence-electron chi connectivity index (χ4n) is 1.32. The Bertz CT molecular complexity index is 399. The first-order valence-electron chi connectivity index (χ1n) is 5.20. The van der Waals surface area contributed by atoms with Crippen LogP contribution in [0.25, 0.3) is 0 Å². The molecule has 0 saturated carbocycles. The average Bonchev–Trinajstić information content (AvgIpc) is 2.32. The molecule has 3 N–H and O–H groups in total. The molecular weight excluding hydrogens is 263 g/mol. The second-order valence-corrected chi connectivity index (χ2v) is 4.32. The van der Waals surface area contributed by atoms with E-state index >= 15 is 0 Å². The van der Waals surface area contributed by atoms with Gasteiger partial charge in [0.2, 0.25) is 0 Å². The van der Waals surface area contributed by atoms with Crippen molar-refractivity contribution < 1.29 is 9.53 Å². The first-order chi connectivity index (χ1) is 8.08. The first-order valence-corrected chi connectivity index (χ1v) is 5.96. The molecule has 1 amide bonds.